The molecule has 2 aromatic rings. The largest absolute Gasteiger partial charge is 0.416 e. The predicted molar refractivity (Wildman–Crippen MR) is 77.9 cm³/mol. The lowest BCUT2D eigenvalue weighted by Gasteiger charge is -2.15. The quantitative estimate of drug-likeness (QED) is 0.742. The first-order chi connectivity index (χ1) is 10.4. The van der Waals surface area contributed by atoms with E-state index >= 15 is 0 Å². The fourth-order valence-electron chi connectivity index (χ4n) is 2.46. The molecule has 4 heterocycles. The topological polar surface area (TPSA) is 41.1 Å². The average Bonchev–Trinajstić information content (AvgIpc) is 2.49. The van der Waals surface area contributed by atoms with Gasteiger partial charge in [-0.15, -0.1) is 0 Å². The molecule has 0 saturated heterocycles. The van der Waals surface area contributed by atoms with Crippen molar-refractivity contribution in [2.45, 2.75) is 19.0 Å². The zero-order chi connectivity index (χ0) is 15.7. The molecule has 0 radical (unpaired) electrons. The molecule has 0 saturated carbocycles. The second-order valence-corrected chi connectivity index (χ2v) is 5.15. The molecule has 3 nitrogen and oxygen atoms in total. The molecular weight excluding hydrogens is 293 g/mol. The van der Waals surface area contributed by atoms with Crippen molar-refractivity contribution in [1.82, 2.24) is 0 Å². The summed E-state index contributed by atoms with van der Waals surface area (Å²) < 4.78 is 39.6. The normalized spacial score (nSPS) is 14.6. The first-order valence-corrected chi connectivity index (χ1v) is 6.79. The van der Waals surface area contributed by atoms with Crippen molar-refractivity contribution >= 4 is 17.4 Å². The highest BCUT2D eigenvalue weighted by Gasteiger charge is 2.33. The summed E-state index contributed by atoms with van der Waals surface area (Å²) in [6, 6.07) is 10.4. The third kappa shape index (κ3) is 3.05. The molecular formula is C16H13F3N2O. The summed E-state index contributed by atoms with van der Waals surface area (Å²) in [6.07, 6.45) is -3.66. The van der Waals surface area contributed by atoms with Crippen LogP contribution in [0, 0.1) is 0 Å². The Balaban J connectivity index is 2.06. The van der Waals surface area contributed by atoms with Crippen LogP contribution in [0.3, 0.4) is 0 Å². The van der Waals surface area contributed by atoms with E-state index in [0.717, 1.165) is 11.6 Å². The summed E-state index contributed by atoms with van der Waals surface area (Å²) in [7, 11) is 0. The van der Waals surface area contributed by atoms with E-state index in [1.165, 1.54) is 12.1 Å². The number of rotatable bonds is 0. The van der Waals surface area contributed by atoms with Crippen LogP contribution >= 0.6 is 0 Å². The molecule has 2 N–H and O–H groups in total. The number of carbonyl (C=O) groups excluding carboxylic acids is 1. The number of hydrogen-bond acceptors (Lipinski definition) is 1. The maximum Gasteiger partial charge on any atom is 0.416 e. The SMILES string of the molecule is O=C1Nc2ccc(cc2)CCc2ccc(cc2C(F)(F)F)N1. The van der Waals surface area contributed by atoms with E-state index in [0.29, 0.717) is 12.1 Å². The Morgan fingerprint density at radius 2 is 1.50 bits per heavy atom. The number of amides is 2. The Hall–Kier alpha value is -2.50. The molecule has 4 bridgehead atoms. The van der Waals surface area contributed by atoms with Gasteiger partial charge in [-0.25, -0.2) is 4.79 Å². The van der Waals surface area contributed by atoms with Gasteiger partial charge in [0, 0.05) is 11.4 Å². The van der Waals surface area contributed by atoms with Crippen LogP contribution < -0.4 is 10.6 Å². The maximum absolute atomic E-state index is 13.2. The molecule has 0 fully saturated rings. The fourth-order valence-corrected chi connectivity index (χ4v) is 2.46. The van der Waals surface area contributed by atoms with Gasteiger partial charge in [0.1, 0.15) is 0 Å². The van der Waals surface area contributed by atoms with Crippen LogP contribution in [0.1, 0.15) is 16.7 Å². The van der Waals surface area contributed by atoms with E-state index in [1.54, 1.807) is 24.3 Å². The van der Waals surface area contributed by atoms with Crippen molar-refractivity contribution in [3.63, 3.8) is 0 Å². The maximum atomic E-state index is 13.2. The lowest BCUT2D eigenvalue weighted by Crippen LogP contribution is -2.20. The van der Waals surface area contributed by atoms with Gasteiger partial charge >= 0.3 is 12.2 Å². The van der Waals surface area contributed by atoms with Crippen LogP contribution in [0.2, 0.25) is 0 Å². The molecule has 0 spiro atoms. The van der Waals surface area contributed by atoms with Gasteiger partial charge in [-0.05, 0) is 48.2 Å². The van der Waals surface area contributed by atoms with E-state index < -0.39 is 17.8 Å². The predicted octanol–water partition coefficient (Wildman–Crippen LogP) is 4.45. The molecule has 22 heavy (non-hydrogen) atoms. The molecule has 4 aliphatic rings. The van der Waals surface area contributed by atoms with Crippen molar-refractivity contribution < 1.29 is 18.0 Å². The minimum absolute atomic E-state index is 0.114. The number of anilines is 2. The van der Waals surface area contributed by atoms with Crippen LogP contribution in [0.4, 0.5) is 29.3 Å². The second-order valence-electron chi connectivity index (χ2n) is 5.15. The zero-order valence-corrected chi connectivity index (χ0v) is 11.5. The molecule has 0 aliphatic carbocycles. The van der Waals surface area contributed by atoms with Gasteiger partial charge in [0.25, 0.3) is 0 Å². The van der Waals surface area contributed by atoms with Crippen molar-refractivity contribution in [2.24, 2.45) is 0 Å². The number of aryl methyl sites for hydroxylation is 2. The number of alkyl halides is 3. The van der Waals surface area contributed by atoms with Crippen LogP contribution in [-0.4, -0.2) is 6.03 Å². The van der Waals surface area contributed by atoms with Crippen molar-refractivity contribution in [3.05, 3.63) is 59.2 Å². The highest BCUT2D eigenvalue weighted by Crippen LogP contribution is 2.34. The summed E-state index contributed by atoms with van der Waals surface area (Å²) in [5.74, 6) is 0. The molecule has 2 aromatic carbocycles. The van der Waals surface area contributed by atoms with E-state index in [2.05, 4.69) is 10.6 Å². The van der Waals surface area contributed by atoms with Gasteiger partial charge in [-0.3, -0.25) is 0 Å². The van der Waals surface area contributed by atoms with Gasteiger partial charge in [0.05, 0.1) is 5.56 Å². The van der Waals surface area contributed by atoms with Gasteiger partial charge in [0.15, 0.2) is 0 Å². The van der Waals surface area contributed by atoms with E-state index in [-0.39, 0.29) is 17.7 Å². The Morgan fingerprint density at radius 3 is 2.18 bits per heavy atom. The molecule has 0 atom stereocenters. The highest BCUT2D eigenvalue weighted by molar-refractivity contribution is 5.99. The third-order valence-electron chi connectivity index (χ3n) is 3.57. The van der Waals surface area contributed by atoms with Crippen molar-refractivity contribution in [1.29, 1.82) is 0 Å². The molecule has 6 rings (SSSR count). The highest BCUT2D eigenvalue weighted by atomic mass is 19.4. The number of hydrogen-bond donors (Lipinski definition) is 2. The minimum Gasteiger partial charge on any atom is -0.308 e. The number of halogens is 3. The van der Waals surface area contributed by atoms with Crippen LogP contribution in [0.5, 0.6) is 0 Å². The van der Waals surface area contributed by atoms with E-state index in [1.807, 2.05) is 0 Å². The lowest BCUT2D eigenvalue weighted by molar-refractivity contribution is -0.138. The van der Waals surface area contributed by atoms with E-state index in [9.17, 15) is 18.0 Å². The summed E-state index contributed by atoms with van der Waals surface area (Å²) >= 11 is 0. The first-order valence-electron chi connectivity index (χ1n) is 6.79. The molecule has 0 aromatic heterocycles. The number of benzene rings is 2. The Morgan fingerprint density at radius 1 is 0.864 bits per heavy atom. The summed E-state index contributed by atoms with van der Waals surface area (Å²) in [4.78, 5) is 11.8. The standard InChI is InChI=1S/C16H13F3N2O/c17-16(18,19)14-9-13-8-5-11(14)4-1-10-2-6-12(7-3-10)20-15(22)21-13/h2-3,5-9H,1,4H2,(H2,20,21,22). The van der Waals surface area contributed by atoms with Crippen molar-refractivity contribution in [3.8, 4) is 0 Å². The number of carbonyl (C=O) groups is 1. The monoisotopic (exact) mass is 306 g/mol. The Kier molecular flexibility index (Phi) is 3.52. The number of nitrogens with one attached hydrogen (secondary N) is 2. The smallest absolute Gasteiger partial charge is 0.308 e. The summed E-state index contributed by atoms with van der Waals surface area (Å²) in [5, 5.41) is 5.01. The minimum atomic E-state index is -4.45. The van der Waals surface area contributed by atoms with Crippen LogP contribution in [-0.2, 0) is 19.0 Å². The lowest BCUT2D eigenvalue weighted by atomic mass is 9.99. The number of urea groups is 1. The molecule has 6 heteroatoms. The van der Waals surface area contributed by atoms with E-state index in [4.69, 9.17) is 0 Å². The van der Waals surface area contributed by atoms with Crippen LogP contribution in [0.25, 0.3) is 0 Å². The van der Waals surface area contributed by atoms with Gasteiger partial charge < -0.3 is 10.6 Å². The molecule has 4 aliphatic heterocycles. The average molecular weight is 306 g/mol. The zero-order valence-electron chi connectivity index (χ0n) is 11.5. The molecule has 2 amide bonds. The first kappa shape index (κ1) is 14.4. The second kappa shape index (κ2) is 5.36. The molecule has 0 unspecified atom stereocenters. The fraction of sp³-hybridized carbons (Fsp3) is 0.188. The third-order valence-corrected chi connectivity index (χ3v) is 3.57. The summed E-state index contributed by atoms with van der Waals surface area (Å²) in [5.41, 5.74) is 1.14. The van der Waals surface area contributed by atoms with Gasteiger partial charge in [0.2, 0.25) is 0 Å². The van der Waals surface area contributed by atoms with Crippen LogP contribution in [0.15, 0.2) is 42.5 Å². The van der Waals surface area contributed by atoms with Gasteiger partial charge in [-0.2, -0.15) is 13.2 Å². The Labute approximate surface area is 125 Å². The van der Waals surface area contributed by atoms with Gasteiger partial charge in [-0.1, -0.05) is 18.2 Å². The molecule has 114 valence electrons. The van der Waals surface area contributed by atoms with Crippen molar-refractivity contribution in [2.75, 3.05) is 10.6 Å². The Bertz CT molecular complexity index is 708. The summed E-state index contributed by atoms with van der Waals surface area (Å²) in [6.45, 7) is 0.